The van der Waals surface area contributed by atoms with Crippen LogP contribution in [0.5, 0.6) is 11.5 Å². The van der Waals surface area contributed by atoms with Gasteiger partial charge in [0.1, 0.15) is 12.4 Å². The number of benzene rings is 1. The number of halogens is 1. The van der Waals surface area contributed by atoms with E-state index in [4.69, 9.17) is 19.0 Å². The predicted octanol–water partition coefficient (Wildman–Crippen LogP) is 3.03. The first-order valence-electron chi connectivity index (χ1n) is 6.12. The average molecular weight is 342 g/mol. The lowest BCUT2D eigenvalue weighted by molar-refractivity contribution is 0.196. The third-order valence-corrected chi connectivity index (χ3v) is 3.03. The van der Waals surface area contributed by atoms with E-state index in [1.807, 2.05) is 30.3 Å². The second-order valence-electron chi connectivity index (χ2n) is 4.00. The normalized spacial score (nSPS) is 10.3. The summed E-state index contributed by atoms with van der Waals surface area (Å²) in [5.74, 6) is 2.04. The highest BCUT2D eigenvalue weighted by atomic mass is 79.9. The molecule has 0 fully saturated rings. The van der Waals surface area contributed by atoms with Gasteiger partial charge in [0.2, 0.25) is 0 Å². The van der Waals surface area contributed by atoms with E-state index in [1.165, 1.54) is 0 Å². The van der Waals surface area contributed by atoms with Crippen LogP contribution in [0.15, 0.2) is 39.4 Å². The predicted molar refractivity (Wildman–Crippen MR) is 79.3 cm³/mol. The van der Waals surface area contributed by atoms with Gasteiger partial charge in [0.05, 0.1) is 20.3 Å². The Balaban J connectivity index is 2.03. The second-order valence-corrected chi connectivity index (χ2v) is 4.78. The molecule has 108 valence electrons. The summed E-state index contributed by atoms with van der Waals surface area (Å²) < 4.78 is 16.7. The van der Waals surface area contributed by atoms with Crippen molar-refractivity contribution >= 4 is 21.6 Å². The summed E-state index contributed by atoms with van der Waals surface area (Å²) in [6.45, 7) is 0.754. The molecule has 0 amide bonds. The van der Waals surface area contributed by atoms with Gasteiger partial charge in [-0.15, -0.1) is 0 Å². The fraction of sp³-hybridized carbons (Fsp3) is 0.286. The molecular weight excluding hydrogens is 326 g/mol. The number of furan rings is 1. The first-order valence-corrected chi connectivity index (χ1v) is 6.92. The van der Waals surface area contributed by atoms with Crippen LogP contribution in [0.3, 0.4) is 0 Å². The van der Waals surface area contributed by atoms with Gasteiger partial charge in [-0.05, 0) is 40.2 Å². The highest BCUT2D eigenvalue weighted by molar-refractivity contribution is 9.10. The smallest absolute Gasteiger partial charge is 0.169 e. The number of nitrogens with one attached hydrogen (secondary N) is 1. The van der Waals surface area contributed by atoms with Gasteiger partial charge in [-0.2, -0.15) is 0 Å². The number of rotatable bonds is 7. The molecule has 0 saturated carbocycles. The van der Waals surface area contributed by atoms with Gasteiger partial charge in [0, 0.05) is 11.8 Å². The van der Waals surface area contributed by atoms with Crippen LogP contribution in [-0.4, -0.2) is 25.4 Å². The van der Waals surface area contributed by atoms with Crippen LogP contribution >= 0.6 is 15.9 Å². The monoisotopic (exact) mass is 341 g/mol. The molecule has 0 aliphatic carbocycles. The van der Waals surface area contributed by atoms with Crippen molar-refractivity contribution in [2.24, 2.45) is 0 Å². The standard InChI is InChI=1S/C14H16BrNO4/c1-18-12-4-2-10(8-13(12)19-7-6-17)16-9-11-3-5-14(15)20-11/h2-5,8,16-17H,6-7,9H2,1H3. The zero-order valence-corrected chi connectivity index (χ0v) is 12.6. The largest absolute Gasteiger partial charge is 0.493 e. The lowest BCUT2D eigenvalue weighted by atomic mass is 10.2. The van der Waals surface area contributed by atoms with Crippen molar-refractivity contribution in [2.45, 2.75) is 6.54 Å². The third kappa shape index (κ3) is 3.91. The highest BCUT2D eigenvalue weighted by Crippen LogP contribution is 2.30. The SMILES string of the molecule is COc1ccc(NCc2ccc(Br)o2)cc1OCCO. The Kier molecular flexibility index (Phi) is 5.31. The molecule has 1 aromatic carbocycles. The van der Waals surface area contributed by atoms with Crippen molar-refractivity contribution in [3.05, 3.63) is 40.8 Å². The van der Waals surface area contributed by atoms with Crippen molar-refractivity contribution in [3.8, 4) is 11.5 Å². The summed E-state index contributed by atoms with van der Waals surface area (Å²) in [5.41, 5.74) is 0.881. The van der Waals surface area contributed by atoms with Crippen molar-refractivity contribution in [1.29, 1.82) is 0 Å². The number of methoxy groups -OCH3 is 1. The van der Waals surface area contributed by atoms with Gasteiger partial charge in [-0.1, -0.05) is 0 Å². The quantitative estimate of drug-likeness (QED) is 0.810. The Bertz CT molecular complexity index is 556. The van der Waals surface area contributed by atoms with Gasteiger partial charge < -0.3 is 24.3 Å². The molecule has 20 heavy (non-hydrogen) atoms. The van der Waals surface area contributed by atoms with E-state index in [-0.39, 0.29) is 13.2 Å². The van der Waals surface area contributed by atoms with Gasteiger partial charge >= 0.3 is 0 Å². The number of anilines is 1. The zero-order chi connectivity index (χ0) is 14.4. The van der Waals surface area contributed by atoms with E-state index in [9.17, 15) is 0 Å². The number of hydrogen-bond acceptors (Lipinski definition) is 5. The topological polar surface area (TPSA) is 63.9 Å². The molecule has 0 atom stereocenters. The Hall–Kier alpha value is -1.66. The van der Waals surface area contributed by atoms with Crippen LogP contribution in [0, 0.1) is 0 Å². The summed E-state index contributed by atoms with van der Waals surface area (Å²) in [5, 5.41) is 12.0. The van der Waals surface area contributed by atoms with E-state index in [2.05, 4.69) is 21.2 Å². The van der Waals surface area contributed by atoms with Gasteiger partial charge in [0.15, 0.2) is 16.2 Å². The molecule has 0 aliphatic rings. The molecule has 0 aliphatic heterocycles. The van der Waals surface area contributed by atoms with Gasteiger partial charge in [-0.3, -0.25) is 0 Å². The van der Waals surface area contributed by atoms with Crippen molar-refractivity contribution in [1.82, 2.24) is 0 Å². The van der Waals surface area contributed by atoms with Crippen LogP contribution in [0.2, 0.25) is 0 Å². The minimum Gasteiger partial charge on any atom is -0.493 e. The Morgan fingerprint density at radius 3 is 2.75 bits per heavy atom. The molecule has 1 aromatic heterocycles. The van der Waals surface area contributed by atoms with Gasteiger partial charge in [0.25, 0.3) is 0 Å². The molecule has 6 heteroatoms. The minimum absolute atomic E-state index is 0.0404. The summed E-state index contributed by atoms with van der Waals surface area (Å²) in [6, 6.07) is 9.27. The van der Waals surface area contributed by atoms with Gasteiger partial charge in [-0.25, -0.2) is 0 Å². The molecule has 0 unspecified atom stereocenters. The molecule has 0 saturated heterocycles. The zero-order valence-electron chi connectivity index (χ0n) is 11.1. The van der Waals surface area contributed by atoms with E-state index < -0.39 is 0 Å². The van der Waals surface area contributed by atoms with Crippen molar-refractivity contribution in [3.63, 3.8) is 0 Å². The van der Waals surface area contributed by atoms with Crippen molar-refractivity contribution < 1.29 is 19.0 Å². The molecule has 2 rings (SSSR count). The molecule has 0 bridgehead atoms. The summed E-state index contributed by atoms with van der Waals surface area (Å²) in [4.78, 5) is 0. The Morgan fingerprint density at radius 1 is 1.25 bits per heavy atom. The van der Waals surface area contributed by atoms with Crippen molar-refractivity contribution in [2.75, 3.05) is 25.6 Å². The molecule has 2 aromatic rings. The molecule has 0 radical (unpaired) electrons. The Morgan fingerprint density at radius 2 is 2.10 bits per heavy atom. The number of aliphatic hydroxyl groups is 1. The fourth-order valence-corrected chi connectivity index (χ4v) is 2.03. The van der Waals surface area contributed by atoms with Crippen LogP contribution in [0.25, 0.3) is 0 Å². The Labute approximate surface area is 125 Å². The maximum atomic E-state index is 8.82. The van der Waals surface area contributed by atoms with Crippen LogP contribution in [0.4, 0.5) is 5.69 Å². The maximum Gasteiger partial charge on any atom is 0.169 e. The molecule has 1 heterocycles. The molecule has 0 spiro atoms. The van der Waals surface area contributed by atoms with E-state index in [1.54, 1.807) is 7.11 Å². The summed E-state index contributed by atoms with van der Waals surface area (Å²) in [7, 11) is 1.58. The fourth-order valence-electron chi connectivity index (χ4n) is 1.69. The number of aliphatic hydroxyl groups excluding tert-OH is 1. The summed E-state index contributed by atoms with van der Waals surface area (Å²) >= 11 is 3.26. The van der Waals surface area contributed by atoms with Crippen LogP contribution in [-0.2, 0) is 6.54 Å². The maximum absolute atomic E-state index is 8.82. The second kappa shape index (κ2) is 7.21. The third-order valence-electron chi connectivity index (χ3n) is 2.61. The highest BCUT2D eigenvalue weighted by Gasteiger charge is 2.06. The minimum atomic E-state index is -0.0404. The number of hydrogen-bond donors (Lipinski definition) is 2. The van der Waals surface area contributed by atoms with Crippen LogP contribution < -0.4 is 14.8 Å². The lowest BCUT2D eigenvalue weighted by Gasteiger charge is -2.12. The molecule has 5 nitrogen and oxygen atoms in total. The average Bonchev–Trinajstić information content (AvgIpc) is 2.88. The van der Waals surface area contributed by atoms with E-state index in [0.717, 1.165) is 11.4 Å². The first kappa shape index (κ1) is 14.7. The van der Waals surface area contributed by atoms with E-state index in [0.29, 0.717) is 22.7 Å². The molecular formula is C14H16BrNO4. The lowest BCUT2D eigenvalue weighted by Crippen LogP contribution is -2.04. The first-order chi connectivity index (χ1) is 9.72. The van der Waals surface area contributed by atoms with E-state index >= 15 is 0 Å². The van der Waals surface area contributed by atoms with Crippen LogP contribution in [0.1, 0.15) is 5.76 Å². The number of ether oxygens (including phenoxy) is 2. The summed E-state index contributed by atoms with van der Waals surface area (Å²) in [6.07, 6.45) is 0. The molecule has 2 N–H and O–H groups in total.